The van der Waals surface area contributed by atoms with Crippen molar-refractivity contribution in [3.8, 4) is 0 Å². The van der Waals surface area contributed by atoms with Crippen molar-refractivity contribution >= 4 is 39.4 Å². The smallest absolute Gasteiger partial charge is 0.331 e. The van der Waals surface area contributed by atoms with E-state index in [2.05, 4.69) is 5.32 Å². The van der Waals surface area contributed by atoms with Crippen molar-refractivity contribution in [1.82, 2.24) is 5.32 Å². The lowest BCUT2D eigenvalue weighted by Crippen LogP contribution is -2.38. The predicted molar refractivity (Wildman–Crippen MR) is 86.6 cm³/mol. The summed E-state index contributed by atoms with van der Waals surface area (Å²) >= 11 is 5.80. The van der Waals surface area contributed by atoms with E-state index in [1.807, 2.05) is 0 Å². The molecule has 130 valence electrons. The number of esters is 1. The average molecular weight is 376 g/mol. The molecule has 1 aliphatic rings. The number of rotatable bonds is 5. The van der Waals surface area contributed by atoms with Gasteiger partial charge in [0.15, 0.2) is 16.4 Å². The van der Waals surface area contributed by atoms with Crippen molar-refractivity contribution in [3.05, 3.63) is 40.7 Å². The zero-order valence-corrected chi connectivity index (χ0v) is 14.1. The van der Waals surface area contributed by atoms with E-state index in [1.54, 1.807) is 0 Å². The molecule has 0 saturated carbocycles. The van der Waals surface area contributed by atoms with E-state index in [0.29, 0.717) is 6.42 Å². The minimum Gasteiger partial charge on any atom is -0.452 e. The Labute approximate surface area is 143 Å². The Morgan fingerprint density at radius 1 is 1.42 bits per heavy atom. The first-order chi connectivity index (χ1) is 11.3. The maximum Gasteiger partial charge on any atom is 0.331 e. The molecule has 1 atom stereocenters. The molecule has 6 nitrogen and oxygen atoms in total. The van der Waals surface area contributed by atoms with Gasteiger partial charge in [0.25, 0.3) is 5.91 Å². The van der Waals surface area contributed by atoms with E-state index in [1.165, 1.54) is 18.2 Å². The molecular weight excluding hydrogens is 361 g/mol. The number of sulfone groups is 1. The largest absolute Gasteiger partial charge is 0.452 e. The number of halogens is 2. The monoisotopic (exact) mass is 375 g/mol. The first-order valence-electron chi connectivity index (χ1n) is 7.05. The summed E-state index contributed by atoms with van der Waals surface area (Å²) in [5, 5.41) is 2.62. The molecule has 24 heavy (non-hydrogen) atoms. The molecule has 1 saturated heterocycles. The highest BCUT2D eigenvalue weighted by Gasteiger charge is 2.28. The van der Waals surface area contributed by atoms with Crippen molar-refractivity contribution in [3.63, 3.8) is 0 Å². The highest BCUT2D eigenvalue weighted by Crippen LogP contribution is 2.20. The molecule has 1 N–H and O–H groups in total. The van der Waals surface area contributed by atoms with Crippen LogP contribution in [0, 0.1) is 5.82 Å². The topological polar surface area (TPSA) is 89.5 Å². The number of carbonyl (C=O) groups excluding carboxylic acids is 2. The van der Waals surface area contributed by atoms with Gasteiger partial charge in [0.2, 0.25) is 0 Å². The van der Waals surface area contributed by atoms with Gasteiger partial charge < -0.3 is 10.1 Å². The summed E-state index contributed by atoms with van der Waals surface area (Å²) in [7, 11) is -3.10. The second-order valence-corrected chi connectivity index (χ2v) is 7.88. The maximum atomic E-state index is 13.5. The normalized spacial score (nSPS) is 19.3. The Hall–Kier alpha value is -1.93. The number of hydrogen-bond acceptors (Lipinski definition) is 5. The molecular formula is C15H15ClFNO5S. The van der Waals surface area contributed by atoms with Crippen molar-refractivity contribution in [2.24, 2.45) is 0 Å². The van der Waals surface area contributed by atoms with Crippen LogP contribution in [0.5, 0.6) is 0 Å². The summed E-state index contributed by atoms with van der Waals surface area (Å²) in [4.78, 5) is 23.1. The molecule has 0 aliphatic carbocycles. The standard InChI is InChI=1S/C15H15ClFNO5S/c16-12-2-1-3-13(17)11(12)4-5-15(20)23-8-14(19)18-10-6-7-24(21,22)9-10/h1-5,10H,6-9H2,(H,18,19)/b5-4+/t10-/m0/s1. The van der Waals surface area contributed by atoms with Crippen LogP contribution in [0.1, 0.15) is 12.0 Å². The summed E-state index contributed by atoms with van der Waals surface area (Å²) < 4.78 is 40.8. The molecule has 2 rings (SSSR count). The van der Waals surface area contributed by atoms with Gasteiger partial charge in [-0.1, -0.05) is 17.7 Å². The third-order valence-electron chi connectivity index (χ3n) is 3.33. The van der Waals surface area contributed by atoms with Gasteiger partial charge in [-0.15, -0.1) is 0 Å². The summed E-state index contributed by atoms with van der Waals surface area (Å²) in [5.41, 5.74) is 0.0386. The Morgan fingerprint density at radius 3 is 2.79 bits per heavy atom. The molecule has 0 bridgehead atoms. The molecule has 1 aromatic carbocycles. The zero-order chi connectivity index (χ0) is 17.7. The zero-order valence-electron chi connectivity index (χ0n) is 12.5. The molecule has 0 unspecified atom stereocenters. The maximum absolute atomic E-state index is 13.5. The van der Waals surface area contributed by atoms with E-state index < -0.39 is 40.2 Å². The van der Waals surface area contributed by atoms with E-state index in [9.17, 15) is 22.4 Å². The second kappa shape index (κ2) is 7.76. The number of hydrogen-bond donors (Lipinski definition) is 1. The summed E-state index contributed by atoms with van der Waals surface area (Å²) in [5.74, 6) is -2.11. The van der Waals surface area contributed by atoms with E-state index in [4.69, 9.17) is 16.3 Å². The van der Waals surface area contributed by atoms with Crippen LogP contribution in [-0.2, 0) is 24.2 Å². The van der Waals surface area contributed by atoms with Gasteiger partial charge >= 0.3 is 5.97 Å². The van der Waals surface area contributed by atoms with Crippen molar-refractivity contribution in [2.75, 3.05) is 18.1 Å². The molecule has 1 aliphatic heterocycles. The van der Waals surface area contributed by atoms with Crippen LogP contribution in [0.15, 0.2) is 24.3 Å². The Balaban J connectivity index is 1.81. The van der Waals surface area contributed by atoms with E-state index >= 15 is 0 Å². The fourth-order valence-electron chi connectivity index (χ4n) is 2.18. The number of benzene rings is 1. The van der Waals surface area contributed by atoms with Gasteiger partial charge in [-0.05, 0) is 24.6 Å². The SMILES string of the molecule is O=C(COC(=O)/C=C/c1c(F)cccc1Cl)N[C@H]1CCS(=O)(=O)C1. The first-order valence-corrected chi connectivity index (χ1v) is 9.25. The molecule has 1 fully saturated rings. The predicted octanol–water partition coefficient (Wildman–Crippen LogP) is 1.34. The van der Waals surface area contributed by atoms with Crippen molar-refractivity contribution in [2.45, 2.75) is 12.5 Å². The molecule has 0 spiro atoms. The quantitative estimate of drug-likeness (QED) is 0.619. The minimum absolute atomic E-state index is 0.0316. The van der Waals surface area contributed by atoms with Gasteiger partial charge in [-0.3, -0.25) is 4.79 Å². The lowest BCUT2D eigenvalue weighted by atomic mass is 10.2. The Morgan fingerprint density at radius 2 is 2.17 bits per heavy atom. The van der Waals surface area contributed by atoms with Crippen LogP contribution in [-0.4, -0.2) is 44.4 Å². The van der Waals surface area contributed by atoms with E-state index in [0.717, 1.165) is 12.2 Å². The van der Waals surface area contributed by atoms with Gasteiger partial charge in [-0.2, -0.15) is 0 Å². The third kappa shape index (κ3) is 5.31. The summed E-state index contributed by atoms with van der Waals surface area (Å²) in [6.45, 7) is -0.551. The number of carbonyl (C=O) groups is 2. The summed E-state index contributed by atoms with van der Waals surface area (Å²) in [6, 6.07) is 3.63. The van der Waals surface area contributed by atoms with Crippen molar-refractivity contribution < 1.29 is 27.1 Å². The van der Waals surface area contributed by atoms with Crippen LogP contribution >= 0.6 is 11.6 Å². The molecule has 1 heterocycles. The van der Waals surface area contributed by atoms with E-state index in [-0.39, 0.29) is 22.1 Å². The van der Waals surface area contributed by atoms with Gasteiger partial charge in [0.1, 0.15) is 5.82 Å². The Bertz CT molecular complexity index is 758. The highest BCUT2D eigenvalue weighted by molar-refractivity contribution is 7.91. The van der Waals surface area contributed by atoms with Gasteiger partial charge in [0.05, 0.1) is 16.5 Å². The number of ether oxygens (including phenoxy) is 1. The number of nitrogens with one attached hydrogen (secondary N) is 1. The molecule has 9 heteroatoms. The highest BCUT2D eigenvalue weighted by atomic mass is 35.5. The second-order valence-electron chi connectivity index (χ2n) is 5.24. The van der Waals surface area contributed by atoms with Crippen LogP contribution < -0.4 is 5.32 Å². The number of amides is 1. The molecule has 1 aromatic rings. The fourth-order valence-corrected chi connectivity index (χ4v) is 4.08. The molecule has 1 amide bonds. The minimum atomic E-state index is -3.10. The summed E-state index contributed by atoms with van der Waals surface area (Å²) in [6.07, 6.45) is 2.45. The molecule has 0 radical (unpaired) electrons. The molecule has 0 aromatic heterocycles. The van der Waals surface area contributed by atoms with Crippen LogP contribution in [0.3, 0.4) is 0 Å². The van der Waals surface area contributed by atoms with Crippen LogP contribution in [0.4, 0.5) is 4.39 Å². The lowest BCUT2D eigenvalue weighted by Gasteiger charge is -2.10. The fraction of sp³-hybridized carbons (Fsp3) is 0.333. The lowest BCUT2D eigenvalue weighted by molar-refractivity contribution is -0.143. The van der Waals surface area contributed by atoms with Gasteiger partial charge in [0, 0.05) is 17.7 Å². The Kier molecular flexibility index (Phi) is 5.95. The average Bonchev–Trinajstić information content (AvgIpc) is 2.83. The van der Waals surface area contributed by atoms with Crippen molar-refractivity contribution in [1.29, 1.82) is 0 Å². The third-order valence-corrected chi connectivity index (χ3v) is 5.43. The van der Waals surface area contributed by atoms with Gasteiger partial charge in [-0.25, -0.2) is 17.6 Å². The van der Waals surface area contributed by atoms with Crippen LogP contribution in [0.2, 0.25) is 5.02 Å². The first kappa shape index (κ1) is 18.4. The van der Waals surface area contributed by atoms with Crippen LogP contribution in [0.25, 0.3) is 6.08 Å².